The number of hydrogen-bond acceptors (Lipinski definition) is 6. The third-order valence-electron chi connectivity index (χ3n) is 4.71. The Morgan fingerprint density at radius 1 is 1.03 bits per heavy atom. The van der Waals surface area contributed by atoms with Crippen LogP contribution in [0, 0.1) is 5.92 Å². The molecule has 2 amide bonds. The fourth-order valence-corrected chi connectivity index (χ4v) is 3.14. The molecule has 0 bridgehead atoms. The quantitative estimate of drug-likeness (QED) is 0.654. The standard InChI is InChI=1S/C23H24N2O6/c1-2-12-30-22(28)16-8-10-18(11-9-16)24-20(26)15-31-23(29)17-13-21(27)25(14-17)19-6-4-3-5-7-19/h3-11,17H,2,12-15H2,1H3,(H,24,26)/t17-/m0/s1. The smallest absolute Gasteiger partial charge is 0.338 e. The van der Waals surface area contributed by atoms with Crippen LogP contribution in [0.2, 0.25) is 0 Å². The van der Waals surface area contributed by atoms with E-state index >= 15 is 0 Å². The summed E-state index contributed by atoms with van der Waals surface area (Å²) in [6.07, 6.45) is 0.781. The van der Waals surface area contributed by atoms with Crippen molar-refractivity contribution < 1.29 is 28.7 Å². The zero-order chi connectivity index (χ0) is 22.2. The summed E-state index contributed by atoms with van der Waals surface area (Å²) in [6, 6.07) is 15.3. The Labute approximate surface area is 180 Å². The number of nitrogens with one attached hydrogen (secondary N) is 1. The molecular formula is C23H24N2O6. The van der Waals surface area contributed by atoms with Crippen molar-refractivity contribution in [2.75, 3.05) is 30.0 Å². The van der Waals surface area contributed by atoms with Crippen LogP contribution in [0.4, 0.5) is 11.4 Å². The Kier molecular flexibility index (Phi) is 7.37. The van der Waals surface area contributed by atoms with Gasteiger partial charge in [-0.3, -0.25) is 14.4 Å². The van der Waals surface area contributed by atoms with Crippen LogP contribution in [0.1, 0.15) is 30.1 Å². The zero-order valence-electron chi connectivity index (χ0n) is 17.2. The monoisotopic (exact) mass is 424 g/mol. The molecular weight excluding hydrogens is 400 g/mol. The van der Waals surface area contributed by atoms with Gasteiger partial charge in [-0.15, -0.1) is 0 Å². The van der Waals surface area contributed by atoms with Gasteiger partial charge in [-0.2, -0.15) is 0 Å². The highest BCUT2D eigenvalue weighted by Gasteiger charge is 2.36. The summed E-state index contributed by atoms with van der Waals surface area (Å²) in [4.78, 5) is 49.9. The second-order valence-corrected chi connectivity index (χ2v) is 7.11. The highest BCUT2D eigenvalue weighted by atomic mass is 16.5. The van der Waals surface area contributed by atoms with E-state index in [1.165, 1.54) is 0 Å². The van der Waals surface area contributed by atoms with Crippen LogP contribution >= 0.6 is 0 Å². The first-order chi connectivity index (χ1) is 15.0. The second-order valence-electron chi connectivity index (χ2n) is 7.11. The minimum atomic E-state index is -0.617. The van der Waals surface area contributed by atoms with E-state index in [0.29, 0.717) is 17.9 Å². The molecule has 0 spiro atoms. The number of amides is 2. The van der Waals surface area contributed by atoms with Gasteiger partial charge in [-0.25, -0.2) is 4.79 Å². The lowest BCUT2D eigenvalue weighted by Crippen LogP contribution is -2.28. The van der Waals surface area contributed by atoms with E-state index in [9.17, 15) is 19.2 Å². The molecule has 2 aromatic rings. The SMILES string of the molecule is CCCOC(=O)c1ccc(NC(=O)COC(=O)[C@H]2CC(=O)N(c3ccccc3)C2)cc1. The van der Waals surface area contributed by atoms with E-state index in [1.54, 1.807) is 41.3 Å². The van der Waals surface area contributed by atoms with Crippen molar-refractivity contribution in [1.29, 1.82) is 0 Å². The minimum absolute atomic E-state index is 0.0466. The van der Waals surface area contributed by atoms with Gasteiger partial charge < -0.3 is 19.7 Å². The van der Waals surface area contributed by atoms with Crippen LogP contribution in [0.25, 0.3) is 0 Å². The molecule has 1 heterocycles. The molecule has 0 aliphatic carbocycles. The first-order valence-corrected chi connectivity index (χ1v) is 10.1. The summed E-state index contributed by atoms with van der Waals surface area (Å²) in [5, 5.41) is 2.59. The fourth-order valence-electron chi connectivity index (χ4n) is 3.14. The van der Waals surface area contributed by atoms with Crippen LogP contribution in [-0.4, -0.2) is 43.5 Å². The van der Waals surface area contributed by atoms with Gasteiger partial charge in [0.2, 0.25) is 5.91 Å². The van der Waals surface area contributed by atoms with E-state index in [1.807, 2.05) is 25.1 Å². The number of carbonyl (C=O) groups excluding carboxylic acids is 4. The van der Waals surface area contributed by atoms with Gasteiger partial charge in [0, 0.05) is 24.3 Å². The molecule has 0 radical (unpaired) electrons. The van der Waals surface area contributed by atoms with Gasteiger partial charge in [-0.1, -0.05) is 25.1 Å². The minimum Gasteiger partial charge on any atom is -0.462 e. The van der Waals surface area contributed by atoms with Gasteiger partial charge >= 0.3 is 11.9 Å². The Balaban J connectivity index is 1.46. The largest absolute Gasteiger partial charge is 0.462 e. The summed E-state index contributed by atoms with van der Waals surface area (Å²) in [5.41, 5.74) is 1.56. The maximum absolute atomic E-state index is 12.3. The molecule has 2 aromatic carbocycles. The lowest BCUT2D eigenvalue weighted by molar-refractivity contribution is -0.151. The Morgan fingerprint density at radius 2 is 1.74 bits per heavy atom. The van der Waals surface area contributed by atoms with Crippen LogP contribution in [0.5, 0.6) is 0 Å². The summed E-state index contributed by atoms with van der Waals surface area (Å²) in [6.45, 7) is 2.01. The number of carbonyl (C=O) groups is 4. The van der Waals surface area contributed by atoms with Crippen LogP contribution < -0.4 is 10.2 Å². The maximum atomic E-state index is 12.3. The van der Waals surface area contributed by atoms with Gasteiger partial charge in [-0.05, 0) is 42.8 Å². The van der Waals surface area contributed by atoms with E-state index in [2.05, 4.69) is 5.32 Å². The Bertz CT molecular complexity index is 942. The van der Waals surface area contributed by atoms with E-state index < -0.39 is 30.4 Å². The average molecular weight is 424 g/mol. The lowest BCUT2D eigenvalue weighted by Gasteiger charge is -2.16. The molecule has 0 saturated carbocycles. The third-order valence-corrected chi connectivity index (χ3v) is 4.71. The molecule has 0 aromatic heterocycles. The van der Waals surface area contributed by atoms with Crippen molar-refractivity contribution in [2.24, 2.45) is 5.92 Å². The molecule has 0 unspecified atom stereocenters. The molecule has 1 fully saturated rings. The summed E-state index contributed by atoms with van der Waals surface area (Å²) in [5.74, 6) is -2.30. The molecule has 31 heavy (non-hydrogen) atoms. The molecule has 1 aliphatic rings. The first kappa shape index (κ1) is 22.0. The number of rotatable bonds is 8. The topological polar surface area (TPSA) is 102 Å². The number of ether oxygens (including phenoxy) is 2. The molecule has 3 rings (SSSR count). The van der Waals surface area contributed by atoms with Crippen molar-refractivity contribution in [2.45, 2.75) is 19.8 Å². The van der Waals surface area contributed by atoms with Crippen LogP contribution in [-0.2, 0) is 23.9 Å². The predicted octanol–water partition coefficient (Wildman–Crippen LogP) is 2.79. The molecule has 1 aliphatic heterocycles. The number of hydrogen-bond donors (Lipinski definition) is 1. The normalized spacial score (nSPS) is 15.5. The van der Waals surface area contributed by atoms with Crippen molar-refractivity contribution in [3.63, 3.8) is 0 Å². The molecule has 1 N–H and O–H groups in total. The maximum Gasteiger partial charge on any atom is 0.338 e. The highest BCUT2D eigenvalue weighted by molar-refractivity contribution is 6.00. The summed E-state index contributed by atoms with van der Waals surface area (Å²) in [7, 11) is 0. The Morgan fingerprint density at radius 3 is 2.42 bits per heavy atom. The van der Waals surface area contributed by atoms with Gasteiger partial charge in [0.25, 0.3) is 5.91 Å². The number of nitrogens with zero attached hydrogens (tertiary/aromatic N) is 1. The van der Waals surface area contributed by atoms with Gasteiger partial charge in [0.1, 0.15) is 0 Å². The molecule has 162 valence electrons. The van der Waals surface area contributed by atoms with E-state index in [0.717, 1.165) is 12.1 Å². The Hall–Kier alpha value is -3.68. The number of esters is 2. The van der Waals surface area contributed by atoms with E-state index in [4.69, 9.17) is 9.47 Å². The zero-order valence-corrected chi connectivity index (χ0v) is 17.2. The van der Waals surface area contributed by atoms with Gasteiger partial charge in [0.05, 0.1) is 18.1 Å². The molecule has 8 nitrogen and oxygen atoms in total. The molecule has 1 saturated heterocycles. The third kappa shape index (κ3) is 5.91. The second kappa shape index (κ2) is 10.4. The molecule has 8 heteroatoms. The van der Waals surface area contributed by atoms with Crippen molar-refractivity contribution in [1.82, 2.24) is 0 Å². The predicted molar refractivity (Wildman–Crippen MR) is 114 cm³/mol. The van der Waals surface area contributed by atoms with Crippen LogP contribution in [0.3, 0.4) is 0 Å². The average Bonchev–Trinajstić information content (AvgIpc) is 3.18. The van der Waals surface area contributed by atoms with Crippen LogP contribution in [0.15, 0.2) is 54.6 Å². The summed E-state index contributed by atoms with van der Waals surface area (Å²) < 4.78 is 10.1. The highest BCUT2D eigenvalue weighted by Crippen LogP contribution is 2.25. The number of para-hydroxylation sites is 1. The lowest BCUT2D eigenvalue weighted by atomic mass is 10.1. The van der Waals surface area contributed by atoms with Crippen molar-refractivity contribution in [3.8, 4) is 0 Å². The van der Waals surface area contributed by atoms with Crippen molar-refractivity contribution in [3.05, 3.63) is 60.2 Å². The fraction of sp³-hybridized carbons (Fsp3) is 0.304. The molecule has 1 atom stereocenters. The number of anilines is 2. The van der Waals surface area contributed by atoms with Crippen molar-refractivity contribution >= 4 is 35.1 Å². The first-order valence-electron chi connectivity index (χ1n) is 10.1. The summed E-state index contributed by atoms with van der Waals surface area (Å²) >= 11 is 0. The van der Waals surface area contributed by atoms with Gasteiger partial charge in [0.15, 0.2) is 6.61 Å². The van der Waals surface area contributed by atoms with E-state index in [-0.39, 0.29) is 18.9 Å². The number of benzene rings is 2.